The second-order valence-corrected chi connectivity index (χ2v) is 4.00. The molecule has 0 aliphatic carbocycles. The standard InChI is InChI=1S/C11H15FN2O2/c1-6(2)7(3)14-10-9(12)8(11(15)16)4-5-13-10/h4-7H,1-3H3,(H,13,14)(H,15,16). The maximum absolute atomic E-state index is 13.6. The van der Waals surface area contributed by atoms with Gasteiger partial charge in [-0.1, -0.05) is 13.8 Å². The highest BCUT2D eigenvalue weighted by Crippen LogP contribution is 2.17. The van der Waals surface area contributed by atoms with Gasteiger partial charge in [0.25, 0.3) is 0 Å². The molecule has 0 aliphatic rings. The lowest BCUT2D eigenvalue weighted by molar-refractivity contribution is 0.0692. The fourth-order valence-electron chi connectivity index (χ4n) is 1.09. The van der Waals surface area contributed by atoms with Crippen molar-refractivity contribution < 1.29 is 14.3 Å². The minimum atomic E-state index is -1.29. The van der Waals surface area contributed by atoms with E-state index >= 15 is 0 Å². The normalized spacial score (nSPS) is 12.6. The van der Waals surface area contributed by atoms with E-state index in [0.717, 1.165) is 6.07 Å². The second kappa shape index (κ2) is 4.92. The maximum atomic E-state index is 13.6. The van der Waals surface area contributed by atoms with Crippen molar-refractivity contribution in [1.29, 1.82) is 0 Å². The molecule has 1 heterocycles. The summed E-state index contributed by atoms with van der Waals surface area (Å²) < 4.78 is 13.6. The van der Waals surface area contributed by atoms with E-state index in [1.54, 1.807) is 0 Å². The van der Waals surface area contributed by atoms with Gasteiger partial charge < -0.3 is 10.4 Å². The van der Waals surface area contributed by atoms with E-state index in [1.807, 2.05) is 20.8 Å². The largest absolute Gasteiger partial charge is 0.478 e. The number of hydrogen-bond acceptors (Lipinski definition) is 3. The summed E-state index contributed by atoms with van der Waals surface area (Å²) in [5.41, 5.74) is -0.367. The number of nitrogens with one attached hydrogen (secondary N) is 1. The van der Waals surface area contributed by atoms with Crippen LogP contribution in [-0.2, 0) is 0 Å². The molecule has 0 bridgehead atoms. The van der Waals surface area contributed by atoms with Crippen LogP contribution in [0.3, 0.4) is 0 Å². The number of carboxylic acid groups (broad SMARTS) is 1. The van der Waals surface area contributed by atoms with Crippen LogP contribution in [0.5, 0.6) is 0 Å². The van der Waals surface area contributed by atoms with Gasteiger partial charge in [-0.2, -0.15) is 0 Å². The molecule has 0 saturated heterocycles. The first kappa shape index (κ1) is 12.4. The fourth-order valence-corrected chi connectivity index (χ4v) is 1.09. The van der Waals surface area contributed by atoms with E-state index in [2.05, 4.69) is 10.3 Å². The van der Waals surface area contributed by atoms with Crippen LogP contribution in [0.2, 0.25) is 0 Å². The monoisotopic (exact) mass is 226 g/mol. The van der Waals surface area contributed by atoms with Crippen molar-refractivity contribution in [3.05, 3.63) is 23.6 Å². The number of aromatic nitrogens is 1. The second-order valence-electron chi connectivity index (χ2n) is 4.00. The van der Waals surface area contributed by atoms with Gasteiger partial charge in [-0.25, -0.2) is 14.2 Å². The van der Waals surface area contributed by atoms with Gasteiger partial charge in [0, 0.05) is 12.2 Å². The fraction of sp³-hybridized carbons (Fsp3) is 0.455. The highest BCUT2D eigenvalue weighted by molar-refractivity contribution is 5.88. The lowest BCUT2D eigenvalue weighted by Gasteiger charge is -2.18. The highest BCUT2D eigenvalue weighted by atomic mass is 19.1. The zero-order valence-electron chi connectivity index (χ0n) is 9.49. The average Bonchev–Trinajstić information content (AvgIpc) is 2.20. The zero-order valence-corrected chi connectivity index (χ0v) is 9.49. The van der Waals surface area contributed by atoms with Gasteiger partial charge >= 0.3 is 5.97 Å². The molecule has 0 spiro atoms. The van der Waals surface area contributed by atoms with Gasteiger partial charge in [-0.3, -0.25) is 0 Å². The molecule has 2 N–H and O–H groups in total. The third-order valence-corrected chi connectivity index (χ3v) is 2.48. The van der Waals surface area contributed by atoms with E-state index in [4.69, 9.17) is 5.11 Å². The van der Waals surface area contributed by atoms with Crippen LogP contribution in [0.15, 0.2) is 12.3 Å². The van der Waals surface area contributed by atoms with Crippen LogP contribution in [0, 0.1) is 11.7 Å². The minimum absolute atomic E-state index is 0.0129. The summed E-state index contributed by atoms with van der Waals surface area (Å²) >= 11 is 0. The Hall–Kier alpha value is -1.65. The van der Waals surface area contributed by atoms with Crippen molar-refractivity contribution >= 4 is 11.8 Å². The smallest absolute Gasteiger partial charge is 0.338 e. The van der Waals surface area contributed by atoms with Crippen molar-refractivity contribution in [2.24, 2.45) is 5.92 Å². The Balaban J connectivity index is 2.98. The van der Waals surface area contributed by atoms with Crippen LogP contribution in [0.25, 0.3) is 0 Å². The SMILES string of the molecule is CC(C)C(C)Nc1nccc(C(=O)O)c1F. The molecule has 1 aromatic rings. The molecule has 5 heteroatoms. The molecule has 88 valence electrons. The van der Waals surface area contributed by atoms with Crippen LogP contribution in [0.1, 0.15) is 31.1 Å². The summed E-state index contributed by atoms with van der Waals surface area (Å²) in [6, 6.07) is 1.16. The molecule has 1 aromatic heterocycles. The molecule has 4 nitrogen and oxygen atoms in total. The predicted molar refractivity (Wildman–Crippen MR) is 59.1 cm³/mol. The van der Waals surface area contributed by atoms with Crippen molar-refractivity contribution in [3.63, 3.8) is 0 Å². The van der Waals surface area contributed by atoms with E-state index in [0.29, 0.717) is 5.92 Å². The molecule has 0 aliphatic heterocycles. The van der Waals surface area contributed by atoms with Gasteiger partial charge in [0.15, 0.2) is 11.6 Å². The minimum Gasteiger partial charge on any atom is -0.478 e. The van der Waals surface area contributed by atoms with Gasteiger partial charge in [0.05, 0.1) is 0 Å². The number of halogens is 1. The molecule has 1 rings (SSSR count). The Bertz CT molecular complexity index is 394. The first-order valence-corrected chi connectivity index (χ1v) is 5.07. The summed E-state index contributed by atoms with van der Waals surface area (Å²) in [5, 5.41) is 11.6. The van der Waals surface area contributed by atoms with Crippen LogP contribution in [0.4, 0.5) is 10.2 Å². The molecule has 0 saturated carbocycles. The molecule has 0 fully saturated rings. The molecule has 1 unspecified atom stereocenters. The number of hydrogen-bond donors (Lipinski definition) is 2. The Labute approximate surface area is 93.5 Å². The number of pyridine rings is 1. The lowest BCUT2D eigenvalue weighted by atomic mass is 10.1. The number of nitrogens with zero attached hydrogens (tertiary/aromatic N) is 1. The van der Waals surface area contributed by atoms with Crippen LogP contribution < -0.4 is 5.32 Å². The Kier molecular flexibility index (Phi) is 3.82. The summed E-state index contributed by atoms with van der Waals surface area (Å²) in [6.45, 7) is 5.85. The Morgan fingerprint density at radius 3 is 2.62 bits per heavy atom. The summed E-state index contributed by atoms with van der Waals surface area (Å²) in [7, 11) is 0. The van der Waals surface area contributed by atoms with Crippen molar-refractivity contribution in [2.75, 3.05) is 5.32 Å². The van der Waals surface area contributed by atoms with Gasteiger partial charge in [0.2, 0.25) is 0 Å². The average molecular weight is 226 g/mol. The van der Waals surface area contributed by atoms with Crippen molar-refractivity contribution in [2.45, 2.75) is 26.8 Å². The molecule has 16 heavy (non-hydrogen) atoms. The van der Waals surface area contributed by atoms with Gasteiger partial charge in [0.1, 0.15) is 5.56 Å². The van der Waals surface area contributed by atoms with E-state index in [9.17, 15) is 9.18 Å². The number of anilines is 1. The topological polar surface area (TPSA) is 62.2 Å². The van der Waals surface area contributed by atoms with Crippen molar-refractivity contribution in [3.8, 4) is 0 Å². The molecule has 0 radical (unpaired) electrons. The molecular weight excluding hydrogens is 211 g/mol. The summed E-state index contributed by atoms with van der Waals surface area (Å²) in [6.07, 6.45) is 1.28. The van der Waals surface area contributed by atoms with Gasteiger partial charge in [-0.15, -0.1) is 0 Å². The quantitative estimate of drug-likeness (QED) is 0.827. The summed E-state index contributed by atoms with van der Waals surface area (Å²) in [5.74, 6) is -1.82. The molecule has 0 amide bonds. The third-order valence-electron chi connectivity index (χ3n) is 2.48. The zero-order chi connectivity index (χ0) is 12.3. The van der Waals surface area contributed by atoms with Crippen molar-refractivity contribution in [1.82, 2.24) is 4.98 Å². The van der Waals surface area contributed by atoms with Gasteiger partial charge in [-0.05, 0) is 18.9 Å². The Morgan fingerprint density at radius 1 is 1.50 bits per heavy atom. The number of carbonyl (C=O) groups is 1. The van der Waals surface area contributed by atoms with Crippen LogP contribution in [-0.4, -0.2) is 22.1 Å². The molecule has 0 aromatic carbocycles. The van der Waals surface area contributed by atoms with Crippen LogP contribution >= 0.6 is 0 Å². The first-order chi connectivity index (χ1) is 7.43. The maximum Gasteiger partial charge on any atom is 0.338 e. The summed E-state index contributed by atoms with van der Waals surface area (Å²) in [4.78, 5) is 14.5. The molecule has 1 atom stereocenters. The van der Waals surface area contributed by atoms with E-state index < -0.39 is 11.8 Å². The lowest BCUT2D eigenvalue weighted by Crippen LogP contribution is -2.23. The van der Waals surface area contributed by atoms with E-state index in [-0.39, 0.29) is 17.4 Å². The Morgan fingerprint density at radius 2 is 2.12 bits per heavy atom. The number of rotatable bonds is 4. The number of carboxylic acids is 1. The predicted octanol–water partition coefficient (Wildman–Crippen LogP) is 2.38. The third kappa shape index (κ3) is 2.68. The van der Waals surface area contributed by atoms with E-state index in [1.165, 1.54) is 6.20 Å². The first-order valence-electron chi connectivity index (χ1n) is 5.07. The molecular formula is C11H15FN2O2. The highest BCUT2D eigenvalue weighted by Gasteiger charge is 2.17. The number of aromatic carboxylic acids is 1.